The van der Waals surface area contributed by atoms with Gasteiger partial charge in [-0.2, -0.15) is 0 Å². The van der Waals surface area contributed by atoms with E-state index in [1.54, 1.807) is 38.3 Å². The molecule has 4 aromatic rings. The number of thiophene rings is 1. The molecule has 4 atom stereocenters. The van der Waals surface area contributed by atoms with Crippen molar-refractivity contribution < 1.29 is 0 Å². The number of nitrogens with zero attached hydrogens (tertiary/aromatic N) is 2. The first-order valence-corrected chi connectivity index (χ1v) is 24.6. The second-order valence-electron chi connectivity index (χ2n) is 25.0. The fourth-order valence-corrected chi connectivity index (χ4v) is 14.9. The summed E-state index contributed by atoms with van der Waals surface area (Å²) in [7, 11) is 0. The Morgan fingerprint density at radius 1 is 0.754 bits per heavy atom. The molecule has 3 aliphatic heterocycles. The van der Waals surface area contributed by atoms with Crippen LogP contribution in [0.25, 0.3) is 10.1 Å². The van der Waals surface area contributed by atoms with Gasteiger partial charge in [-0.15, -0.1) is 11.3 Å². The van der Waals surface area contributed by atoms with E-state index in [9.17, 15) is 0 Å². The molecule has 4 heteroatoms. The van der Waals surface area contributed by atoms with Crippen molar-refractivity contribution in [3.8, 4) is 0 Å². The number of allylic oxidation sites excluding steroid dienone is 5. The van der Waals surface area contributed by atoms with E-state index in [0.717, 1.165) is 6.42 Å². The summed E-state index contributed by atoms with van der Waals surface area (Å²) < 4.78 is 3.01. The van der Waals surface area contributed by atoms with Gasteiger partial charge in [-0.25, -0.2) is 0 Å². The molecule has 0 N–H and O–H groups in total. The Hall–Kier alpha value is -3.76. The Morgan fingerprint density at radius 3 is 2.05 bits per heavy atom. The van der Waals surface area contributed by atoms with E-state index in [1.807, 2.05) is 0 Å². The van der Waals surface area contributed by atoms with E-state index < -0.39 is 0 Å². The summed E-state index contributed by atoms with van der Waals surface area (Å²) >= 11 is 2.12. The number of rotatable bonds is 1. The molecule has 316 valence electrons. The smallest absolute Gasteiger partial charge is 0.239 e. The molecule has 4 heterocycles. The van der Waals surface area contributed by atoms with Gasteiger partial charge in [0.1, 0.15) is 0 Å². The molecule has 1 aromatic heterocycles. The number of hydrogen-bond donors (Lipinski definition) is 0. The van der Waals surface area contributed by atoms with Crippen molar-refractivity contribution in [2.24, 2.45) is 22.2 Å². The van der Waals surface area contributed by atoms with Gasteiger partial charge < -0.3 is 9.80 Å². The Labute approximate surface area is 372 Å². The first-order chi connectivity index (χ1) is 28.4. The average molecular weight is 825 g/mol. The number of aryl methyl sites for hydroxylation is 1. The monoisotopic (exact) mass is 825 g/mol. The topological polar surface area (TPSA) is 6.48 Å². The molecule has 7 aliphatic rings. The van der Waals surface area contributed by atoms with Crippen molar-refractivity contribution in [2.75, 3.05) is 9.80 Å². The summed E-state index contributed by atoms with van der Waals surface area (Å²) in [4.78, 5) is 5.66. The quantitative estimate of drug-likeness (QED) is 0.176. The number of fused-ring (bicyclic) bond motifs is 9. The molecule has 3 aromatic carbocycles. The third-order valence-electron chi connectivity index (χ3n) is 17.5. The SMILES string of the molecule is CC1=CC(C(C)(C)C)CC2=C1N1c3cc(C)cc4c3B(c3sc5cc6c(cc5c3N4c3ccc(C(C)(C)C)cc3)C(C)(C)CCC6(C)C)C3C=CC4=C(C31)C2(C)CCC4(C)C. The van der Waals surface area contributed by atoms with Crippen LogP contribution in [0.3, 0.4) is 0 Å². The maximum Gasteiger partial charge on any atom is 0.239 e. The fraction of sp³-hybridized carbons (Fsp3) is 0.509. The van der Waals surface area contributed by atoms with Crippen LogP contribution in [0.1, 0.15) is 151 Å². The van der Waals surface area contributed by atoms with Gasteiger partial charge in [0.15, 0.2) is 0 Å². The standard InChI is InChI=1S/C57H69BN2S/c1-32-26-43-47-44(27-32)60-48-33(2)28-35(53(6,7)8)29-41(48)57(15)25-24-54(9,10)38-20-21-42(50(60)46(38)57)58(47)51-49(59(43)36-18-16-34(17-19-36)52(3,4)5)37-30-39-40(31-45(37)61-51)56(13,14)23-22-55(39,11)12/h16-21,26-28,30-31,35,42,50H,22-25,29H2,1-15H3. The number of benzene rings is 3. The van der Waals surface area contributed by atoms with Crippen LogP contribution in [0.15, 0.2) is 94.7 Å². The highest BCUT2D eigenvalue weighted by Gasteiger charge is 2.61. The van der Waals surface area contributed by atoms with Crippen LogP contribution < -0.4 is 20.0 Å². The van der Waals surface area contributed by atoms with Gasteiger partial charge in [0.25, 0.3) is 0 Å². The van der Waals surface area contributed by atoms with Crippen LogP contribution in [-0.2, 0) is 16.2 Å². The molecule has 0 amide bonds. The van der Waals surface area contributed by atoms with Crippen molar-refractivity contribution in [2.45, 2.75) is 164 Å². The highest BCUT2D eigenvalue weighted by Crippen LogP contribution is 2.66. The molecular weight excluding hydrogens is 756 g/mol. The van der Waals surface area contributed by atoms with Crippen LogP contribution in [0.4, 0.5) is 22.7 Å². The zero-order chi connectivity index (χ0) is 43.3. The van der Waals surface area contributed by atoms with Crippen molar-refractivity contribution in [3.05, 3.63) is 117 Å². The maximum atomic E-state index is 2.94. The summed E-state index contributed by atoms with van der Waals surface area (Å²) in [5.74, 6) is 0.841. The van der Waals surface area contributed by atoms with Gasteiger partial charge in [-0.05, 0) is 171 Å². The number of hydrogen-bond acceptors (Lipinski definition) is 3. The molecule has 2 nitrogen and oxygen atoms in total. The van der Waals surface area contributed by atoms with Crippen molar-refractivity contribution in [3.63, 3.8) is 0 Å². The van der Waals surface area contributed by atoms with Crippen molar-refractivity contribution >= 4 is 61.1 Å². The lowest BCUT2D eigenvalue weighted by Gasteiger charge is -2.62. The van der Waals surface area contributed by atoms with Crippen LogP contribution in [0.2, 0.25) is 5.82 Å². The minimum atomic E-state index is 0.0439. The lowest BCUT2D eigenvalue weighted by Crippen LogP contribution is -2.66. The Kier molecular flexibility index (Phi) is 8.06. The lowest BCUT2D eigenvalue weighted by molar-refractivity contribution is 0.223. The normalized spacial score (nSPS) is 27.7. The fourth-order valence-electron chi connectivity index (χ4n) is 13.6. The zero-order valence-corrected chi connectivity index (χ0v) is 40.8. The predicted molar refractivity (Wildman–Crippen MR) is 266 cm³/mol. The summed E-state index contributed by atoms with van der Waals surface area (Å²) in [6, 6.07) is 20.4. The van der Waals surface area contributed by atoms with Gasteiger partial charge in [0, 0.05) is 43.0 Å². The Balaban J connectivity index is 1.25. The molecule has 0 bridgehead atoms. The third-order valence-corrected chi connectivity index (χ3v) is 18.7. The van der Waals surface area contributed by atoms with Crippen LogP contribution in [-0.4, -0.2) is 12.8 Å². The Bertz CT molecular complexity index is 2730. The van der Waals surface area contributed by atoms with E-state index in [4.69, 9.17) is 0 Å². The zero-order valence-electron chi connectivity index (χ0n) is 40.0. The molecule has 0 spiro atoms. The van der Waals surface area contributed by atoms with E-state index in [0.29, 0.717) is 11.7 Å². The average Bonchev–Trinajstić information content (AvgIpc) is 3.55. The largest absolute Gasteiger partial charge is 0.334 e. The summed E-state index contributed by atoms with van der Waals surface area (Å²) in [5.41, 5.74) is 21.8. The third kappa shape index (κ3) is 5.39. The van der Waals surface area contributed by atoms with Crippen molar-refractivity contribution in [1.29, 1.82) is 0 Å². The lowest BCUT2D eigenvalue weighted by atomic mass is 9.29. The first kappa shape index (κ1) is 40.0. The predicted octanol–water partition coefficient (Wildman–Crippen LogP) is 14.8. The van der Waals surface area contributed by atoms with Crippen molar-refractivity contribution in [1.82, 2.24) is 0 Å². The second kappa shape index (κ2) is 12.3. The van der Waals surface area contributed by atoms with Crippen LogP contribution in [0, 0.1) is 29.1 Å². The maximum absolute atomic E-state index is 2.94. The molecule has 4 aliphatic carbocycles. The first-order valence-electron chi connectivity index (χ1n) is 23.7. The van der Waals surface area contributed by atoms with Gasteiger partial charge in [0.05, 0.1) is 11.7 Å². The summed E-state index contributed by atoms with van der Waals surface area (Å²) in [5, 5.41) is 1.44. The van der Waals surface area contributed by atoms with E-state index in [1.165, 1.54) is 80.7 Å². The van der Waals surface area contributed by atoms with Gasteiger partial charge in [-0.1, -0.05) is 120 Å². The van der Waals surface area contributed by atoms with E-state index in [-0.39, 0.29) is 45.2 Å². The minimum absolute atomic E-state index is 0.0439. The minimum Gasteiger partial charge on any atom is -0.334 e. The second-order valence-corrected chi connectivity index (χ2v) is 26.0. The van der Waals surface area contributed by atoms with Gasteiger partial charge in [-0.3, -0.25) is 0 Å². The van der Waals surface area contributed by atoms with Gasteiger partial charge >= 0.3 is 0 Å². The highest BCUT2D eigenvalue weighted by atomic mass is 32.1. The molecule has 0 fully saturated rings. The molecule has 61 heavy (non-hydrogen) atoms. The van der Waals surface area contributed by atoms with E-state index in [2.05, 4.69) is 192 Å². The molecule has 11 rings (SSSR count). The van der Waals surface area contributed by atoms with Gasteiger partial charge in [0.2, 0.25) is 6.71 Å². The Morgan fingerprint density at radius 2 is 1.39 bits per heavy atom. The molecule has 0 radical (unpaired) electrons. The number of anilines is 4. The van der Waals surface area contributed by atoms with Crippen LogP contribution >= 0.6 is 11.3 Å². The van der Waals surface area contributed by atoms with E-state index >= 15 is 0 Å². The highest BCUT2D eigenvalue weighted by molar-refractivity contribution is 7.32. The molecular formula is C57H69BN2S. The molecule has 0 saturated heterocycles. The van der Waals surface area contributed by atoms with Crippen LogP contribution in [0.5, 0.6) is 0 Å². The molecule has 4 unspecified atom stereocenters. The summed E-state index contributed by atoms with van der Waals surface area (Å²) in [6.45, 7) is 37.2. The summed E-state index contributed by atoms with van der Waals surface area (Å²) in [6.07, 6.45) is 14.1. The molecule has 0 saturated carbocycles.